The fourth-order valence-corrected chi connectivity index (χ4v) is 3.44. The van der Waals surface area contributed by atoms with E-state index in [1.54, 1.807) is 6.20 Å². The topological polar surface area (TPSA) is 42.1 Å². The van der Waals surface area contributed by atoms with Gasteiger partial charge in [0.15, 0.2) is 0 Å². The van der Waals surface area contributed by atoms with Crippen molar-refractivity contribution >= 4 is 27.4 Å². The SMILES string of the molecule is Nc1cnc(N2CC3CCC2C3)c(Br)c1. The van der Waals surface area contributed by atoms with Crippen LogP contribution in [0, 0.1) is 5.92 Å². The van der Waals surface area contributed by atoms with Gasteiger partial charge in [0.05, 0.1) is 16.4 Å². The highest BCUT2D eigenvalue weighted by Gasteiger charge is 2.38. The molecule has 2 aliphatic rings. The fraction of sp³-hybridized carbons (Fsp3) is 0.545. The number of nitrogens with two attached hydrogens (primary N) is 1. The molecule has 2 atom stereocenters. The summed E-state index contributed by atoms with van der Waals surface area (Å²) in [7, 11) is 0. The minimum atomic E-state index is 0.711. The number of aromatic nitrogens is 1. The molecule has 0 radical (unpaired) electrons. The summed E-state index contributed by atoms with van der Waals surface area (Å²) in [5, 5.41) is 0. The normalized spacial score (nSPS) is 28.7. The second-order valence-corrected chi connectivity index (χ2v) is 5.41. The van der Waals surface area contributed by atoms with E-state index in [9.17, 15) is 0 Å². The van der Waals surface area contributed by atoms with Crippen molar-refractivity contribution in [1.82, 2.24) is 4.98 Å². The predicted octanol–water partition coefficient (Wildman–Crippen LogP) is 2.42. The maximum atomic E-state index is 5.69. The van der Waals surface area contributed by atoms with Gasteiger partial charge in [-0.2, -0.15) is 0 Å². The lowest BCUT2D eigenvalue weighted by atomic mass is 10.1. The summed E-state index contributed by atoms with van der Waals surface area (Å²) < 4.78 is 1.02. The fourth-order valence-electron chi connectivity index (χ4n) is 2.84. The number of anilines is 2. The largest absolute Gasteiger partial charge is 0.397 e. The number of rotatable bonds is 1. The molecule has 2 fully saturated rings. The van der Waals surface area contributed by atoms with E-state index in [4.69, 9.17) is 5.73 Å². The number of nitrogens with zero attached hydrogens (tertiary/aromatic N) is 2. The lowest BCUT2D eigenvalue weighted by Crippen LogP contribution is -2.32. The number of hydrogen-bond acceptors (Lipinski definition) is 3. The molecule has 80 valence electrons. The van der Waals surface area contributed by atoms with Gasteiger partial charge < -0.3 is 10.6 Å². The zero-order valence-electron chi connectivity index (χ0n) is 8.49. The van der Waals surface area contributed by atoms with Crippen LogP contribution in [0.5, 0.6) is 0 Å². The van der Waals surface area contributed by atoms with Crippen molar-refractivity contribution in [2.24, 2.45) is 5.92 Å². The van der Waals surface area contributed by atoms with Crippen molar-refractivity contribution in [3.05, 3.63) is 16.7 Å². The third-order valence-electron chi connectivity index (χ3n) is 3.52. The van der Waals surface area contributed by atoms with E-state index in [1.807, 2.05) is 6.07 Å². The van der Waals surface area contributed by atoms with Crippen LogP contribution in [0.4, 0.5) is 11.5 Å². The van der Waals surface area contributed by atoms with Gasteiger partial charge in [-0.1, -0.05) is 0 Å². The van der Waals surface area contributed by atoms with E-state index >= 15 is 0 Å². The molecule has 2 bridgehead atoms. The summed E-state index contributed by atoms with van der Waals surface area (Å²) in [5.74, 6) is 1.96. The minimum absolute atomic E-state index is 0.711. The molecule has 4 heteroatoms. The Hall–Kier alpha value is -0.770. The number of pyridine rings is 1. The molecule has 1 aromatic rings. The molecular weight excluding hydrogens is 254 g/mol. The van der Waals surface area contributed by atoms with Crippen molar-refractivity contribution in [3.8, 4) is 0 Å². The molecule has 1 saturated carbocycles. The molecule has 3 rings (SSSR count). The van der Waals surface area contributed by atoms with Crippen molar-refractivity contribution in [2.45, 2.75) is 25.3 Å². The van der Waals surface area contributed by atoms with Gasteiger partial charge in [0.25, 0.3) is 0 Å². The Labute approximate surface area is 97.8 Å². The van der Waals surface area contributed by atoms with E-state index in [2.05, 4.69) is 25.8 Å². The number of piperidine rings is 1. The molecule has 15 heavy (non-hydrogen) atoms. The Morgan fingerprint density at radius 2 is 2.33 bits per heavy atom. The van der Waals surface area contributed by atoms with Crippen molar-refractivity contribution in [3.63, 3.8) is 0 Å². The molecule has 1 aromatic heterocycles. The van der Waals surface area contributed by atoms with E-state index in [0.717, 1.165) is 21.9 Å². The van der Waals surface area contributed by atoms with E-state index in [-0.39, 0.29) is 0 Å². The van der Waals surface area contributed by atoms with Gasteiger partial charge in [-0.25, -0.2) is 4.98 Å². The minimum Gasteiger partial charge on any atom is -0.397 e. The average Bonchev–Trinajstić information content (AvgIpc) is 2.78. The van der Waals surface area contributed by atoms with Crippen LogP contribution in [0.3, 0.4) is 0 Å². The van der Waals surface area contributed by atoms with Gasteiger partial charge in [-0.3, -0.25) is 0 Å². The van der Waals surface area contributed by atoms with Gasteiger partial charge in [0.2, 0.25) is 0 Å². The Balaban J connectivity index is 1.93. The summed E-state index contributed by atoms with van der Waals surface area (Å²) in [6, 6.07) is 2.65. The smallest absolute Gasteiger partial charge is 0.143 e. The van der Waals surface area contributed by atoms with Crippen molar-refractivity contribution in [1.29, 1.82) is 0 Å². The van der Waals surface area contributed by atoms with Crippen molar-refractivity contribution < 1.29 is 0 Å². The van der Waals surface area contributed by atoms with Gasteiger partial charge in [0.1, 0.15) is 5.82 Å². The monoisotopic (exact) mass is 267 g/mol. The van der Waals surface area contributed by atoms with Crippen LogP contribution in [0.25, 0.3) is 0 Å². The molecule has 0 aromatic carbocycles. The van der Waals surface area contributed by atoms with Crippen LogP contribution < -0.4 is 10.6 Å². The predicted molar refractivity (Wildman–Crippen MR) is 64.8 cm³/mol. The first-order valence-electron chi connectivity index (χ1n) is 5.41. The second-order valence-electron chi connectivity index (χ2n) is 4.56. The zero-order valence-corrected chi connectivity index (χ0v) is 10.1. The van der Waals surface area contributed by atoms with Crippen LogP contribution in [0.2, 0.25) is 0 Å². The summed E-state index contributed by atoms with van der Waals surface area (Å²) in [4.78, 5) is 6.86. The zero-order chi connectivity index (χ0) is 10.4. The highest BCUT2D eigenvalue weighted by Crippen LogP contribution is 2.41. The Kier molecular flexibility index (Phi) is 2.12. The molecule has 1 aliphatic carbocycles. The Morgan fingerprint density at radius 1 is 1.47 bits per heavy atom. The summed E-state index contributed by atoms with van der Waals surface area (Å²) in [5.41, 5.74) is 6.41. The van der Waals surface area contributed by atoms with Gasteiger partial charge >= 0.3 is 0 Å². The maximum Gasteiger partial charge on any atom is 0.143 e. The van der Waals surface area contributed by atoms with E-state index in [0.29, 0.717) is 6.04 Å². The Morgan fingerprint density at radius 3 is 2.93 bits per heavy atom. The standard InChI is InChI=1S/C11H14BrN3/c12-10-4-8(13)5-14-11(10)15-6-7-1-2-9(15)3-7/h4-5,7,9H,1-3,6,13H2. The number of nitrogen functional groups attached to an aromatic ring is 1. The third-order valence-corrected chi connectivity index (χ3v) is 4.11. The second kappa shape index (κ2) is 3.37. The van der Waals surface area contributed by atoms with E-state index < -0.39 is 0 Å². The summed E-state index contributed by atoms with van der Waals surface area (Å²) >= 11 is 3.54. The number of hydrogen-bond donors (Lipinski definition) is 1. The average molecular weight is 268 g/mol. The first kappa shape index (κ1) is 9.46. The summed E-state index contributed by atoms with van der Waals surface area (Å²) in [6.07, 6.45) is 5.81. The molecule has 0 spiro atoms. The van der Waals surface area contributed by atoms with Gasteiger partial charge in [-0.05, 0) is 47.2 Å². The van der Waals surface area contributed by atoms with Crippen LogP contribution in [0.15, 0.2) is 16.7 Å². The molecule has 1 saturated heterocycles. The molecule has 2 N–H and O–H groups in total. The van der Waals surface area contributed by atoms with Gasteiger partial charge in [0, 0.05) is 12.6 Å². The first-order chi connectivity index (χ1) is 7.24. The molecule has 3 nitrogen and oxygen atoms in total. The van der Waals surface area contributed by atoms with E-state index in [1.165, 1.54) is 25.8 Å². The molecule has 2 unspecified atom stereocenters. The van der Waals surface area contributed by atoms with Crippen LogP contribution >= 0.6 is 15.9 Å². The highest BCUT2D eigenvalue weighted by molar-refractivity contribution is 9.10. The molecular formula is C11H14BrN3. The summed E-state index contributed by atoms with van der Waals surface area (Å²) in [6.45, 7) is 1.17. The molecule has 1 aliphatic heterocycles. The number of halogens is 1. The number of fused-ring (bicyclic) bond motifs is 2. The lowest BCUT2D eigenvalue weighted by molar-refractivity contribution is 0.550. The maximum absolute atomic E-state index is 5.69. The lowest BCUT2D eigenvalue weighted by Gasteiger charge is -2.28. The first-order valence-corrected chi connectivity index (χ1v) is 6.21. The quantitative estimate of drug-likeness (QED) is 0.850. The Bertz CT molecular complexity index is 393. The van der Waals surface area contributed by atoms with Crippen LogP contribution in [-0.4, -0.2) is 17.6 Å². The molecule has 0 amide bonds. The van der Waals surface area contributed by atoms with Crippen LogP contribution in [-0.2, 0) is 0 Å². The third kappa shape index (κ3) is 1.51. The van der Waals surface area contributed by atoms with Crippen molar-refractivity contribution in [2.75, 3.05) is 17.2 Å². The van der Waals surface area contributed by atoms with Gasteiger partial charge in [-0.15, -0.1) is 0 Å². The van der Waals surface area contributed by atoms with Crippen LogP contribution in [0.1, 0.15) is 19.3 Å². The highest BCUT2D eigenvalue weighted by atomic mass is 79.9. The molecule has 2 heterocycles.